The Morgan fingerprint density at radius 1 is 1.22 bits per heavy atom. The monoisotopic (exact) mass is 211 g/mol. The number of hydrogen-bond donors (Lipinski definition) is 0. The van der Waals surface area contributed by atoms with Crippen LogP contribution in [0.2, 0.25) is 0 Å². The van der Waals surface area contributed by atoms with E-state index >= 15 is 0 Å². The van der Waals surface area contributed by atoms with Gasteiger partial charge in [-0.05, 0) is 6.42 Å². The van der Waals surface area contributed by atoms with E-state index in [0.717, 1.165) is 25.7 Å². The third-order valence-corrected chi connectivity index (χ3v) is 1.36. The predicted molar refractivity (Wildman–Crippen MR) is 39.3 cm³/mol. The Bertz CT molecular complexity index is 48.3. The SMILES string of the molecule is [CH2-]CCCCC(Cl)Cl.[Ni]. The first kappa shape index (κ1) is 12.7. The molecule has 0 radical (unpaired) electrons. The summed E-state index contributed by atoms with van der Waals surface area (Å²) < 4.78 is 0. The van der Waals surface area contributed by atoms with Crippen LogP contribution in [0.3, 0.4) is 0 Å². The molecule has 0 aromatic rings. The quantitative estimate of drug-likeness (QED) is 0.291. The van der Waals surface area contributed by atoms with Gasteiger partial charge in [0.2, 0.25) is 0 Å². The summed E-state index contributed by atoms with van der Waals surface area (Å²) in [4.78, 5) is -0.179. The topological polar surface area (TPSA) is 0 Å². The van der Waals surface area contributed by atoms with Crippen molar-refractivity contribution in [1.82, 2.24) is 0 Å². The Morgan fingerprint density at radius 2 is 1.78 bits per heavy atom. The Labute approximate surface area is 77.2 Å². The minimum atomic E-state index is -0.179. The molecule has 0 heterocycles. The third-order valence-electron chi connectivity index (χ3n) is 0.922. The number of unbranched alkanes of at least 4 members (excludes halogenated alkanes) is 2. The predicted octanol–water partition coefficient (Wildman–Crippen LogP) is 3.18. The van der Waals surface area contributed by atoms with E-state index in [9.17, 15) is 0 Å². The number of rotatable bonds is 4. The fourth-order valence-electron chi connectivity index (χ4n) is 0.475. The molecule has 0 aromatic carbocycles. The molecule has 0 aliphatic rings. The van der Waals surface area contributed by atoms with Gasteiger partial charge < -0.3 is 6.92 Å². The first-order valence-electron chi connectivity index (χ1n) is 2.84. The van der Waals surface area contributed by atoms with Crippen molar-refractivity contribution in [3.63, 3.8) is 0 Å². The molecule has 0 spiro atoms. The van der Waals surface area contributed by atoms with Crippen LogP contribution in [0.5, 0.6) is 0 Å². The van der Waals surface area contributed by atoms with Crippen molar-refractivity contribution in [2.75, 3.05) is 0 Å². The first-order valence-corrected chi connectivity index (χ1v) is 3.72. The van der Waals surface area contributed by atoms with Gasteiger partial charge in [-0.15, -0.1) is 23.2 Å². The van der Waals surface area contributed by atoms with Crippen molar-refractivity contribution in [1.29, 1.82) is 0 Å². The molecule has 0 aliphatic heterocycles. The zero-order valence-electron chi connectivity index (χ0n) is 5.19. The smallest absolute Gasteiger partial charge is 0.107 e. The van der Waals surface area contributed by atoms with Crippen LogP contribution in [-0.4, -0.2) is 4.84 Å². The van der Waals surface area contributed by atoms with Gasteiger partial charge in [-0.1, -0.05) is 12.8 Å². The molecular formula is C6H11Cl2Ni-. The van der Waals surface area contributed by atoms with E-state index in [1.54, 1.807) is 0 Å². The summed E-state index contributed by atoms with van der Waals surface area (Å²) >= 11 is 10.9. The summed E-state index contributed by atoms with van der Waals surface area (Å²) in [7, 11) is 0. The molecule has 3 heteroatoms. The van der Waals surface area contributed by atoms with E-state index in [0.29, 0.717) is 0 Å². The molecule has 0 N–H and O–H groups in total. The maximum Gasteiger partial charge on any atom is 0.107 e. The molecule has 0 saturated carbocycles. The van der Waals surface area contributed by atoms with E-state index in [-0.39, 0.29) is 21.3 Å². The van der Waals surface area contributed by atoms with Gasteiger partial charge in [-0.3, -0.25) is 0 Å². The second-order valence-electron chi connectivity index (χ2n) is 1.74. The first-order chi connectivity index (χ1) is 3.77. The molecular weight excluding hydrogens is 202 g/mol. The minimum Gasteiger partial charge on any atom is -0.343 e. The van der Waals surface area contributed by atoms with E-state index in [4.69, 9.17) is 23.2 Å². The number of alkyl halides is 2. The number of hydrogen-bond acceptors (Lipinski definition) is 0. The normalized spacial score (nSPS) is 9.33. The maximum atomic E-state index is 5.46. The van der Waals surface area contributed by atoms with Crippen LogP contribution in [0.15, 0.2) is 0 Å². The van der Waals surface area contributed by atoms with Crippen LogP contribution in [0, 0.1) is 6.92 Å². The molecule has 0 bridgehead atoms. The Hall–Kier alpha value is 1.07. The Morgan fingerprint density at radius 3 is 2.11 bits per heavy atom. The van der Waals surface area contributed by atoms with Crippen LogP contribution < -0.4 is 0 Å². The average molecular weight is 213 g/mol. The van der Waals surface area contributed by atoms with Crippen LogP contribution >= 0.6 is 23.2 Å². The van der Waals surface area contributed by atoms with Crippen LogP contribution in [0.25, 0.3) is 0 Å². The molecule has 0 aliphatic carbocycles. The van der Waals surface area contributed by atoms with Gasteiger partial charge in [0, 0.05) is 16.5 Å². The largest absolute Gasteiger partial charge is 0.343 e. The zero-order valence-corrected chi connectivity index (χ0v) is 7.68. The molecule has 9 heavy (non-hydrogen) atoms. The van der Waals surface area contributed by atoms with Crippen molar-refractivity contribution in [3.05, 3.63) is 6.92 Å². The molecule has 0 saturated heterocycles. The fourth-order valence-corrected chi connectivity index (χ4v) is 0.784. The molecule has 0 aromatic heterocycles. The van der Waals surface area contributed by atoms with Gasteiger partial charge in [0.05, 0.1) is 0 Å². The second-order valence-corrected chi connectivity index (χ2v) is 3.02. The van der Waals surface area contributed by atoms with Crippen molar-refractivity contribution in [2.45, 2.75) is 30.5 Å². The molecule has 60 valence electrons. The average Bonchev–Trinajstić information content (AvgIpc) is 1.66. The molecule has 0 rings (SSSR count). The van der Waals surface area contributed by atoms with Crippen LogP contribution in [0.4, 0.5) is 0 Å². The van der Waals surface area contributed by atoms with E-state index in [1.165, 1.54) is 0 Å². The Balaban J connectivity index is 0. The summed E-state index contributed by atoms with van der Waals surface area (Å²) in [6.07, 6.45) is 4.12. The zero-order chi connectivity index (χ0) is 6.41. The summed E-state index contributed by atoms with van der Waals surface area (Å²) in [5.74, 6) is 0. The molecule has 0 unspecified atom stereocenters. The van der Waals surface area contributed by atoms with Gasteiger partial charge in [0.25, 0.3) is 0 Å². The maximum absolute atomic E-state index is 5.46. The van der Waals surface area contributed by atoms with E-state index < -0.39 is 0 Å². The summed E-state index contributed by atoms with van der Waals surface area (Å²) in [5, 5.41) is 0. The molecule has 0 fully saturated rings. The molecule has 0 amide bonds. The molecule has 0 atom stereocenters. The van der Waals surface area contributed by atoms with Gasteiger partial charge >= 0.3 is 0 Å². The van der Waals surface area contributed by atoms with E-state index in [1.807, 2.05) is 0 Å². The van der Waals surface area contributed by atoms with Crippen LogP contribution in [-0.2, 0) is 16.5 Å². The van der Waals surface area contributed by atoms with E-state index in [2.05, 4.69) is 6.92 Å². The number of halogens is 2. The third kappa shape index (κ3) is 12.3. The van der Waals surface area contributed by atoms with Gasteiger partial charge in [-0.25, -0.2) is 0 Å². The van der Waals surface area contributed by atoms with Crippen molar-refractivity contribution < 1.29 is 16.5 Å². The van der Waals surface area contributed by atoms with Crippen molar-refractivity contribution in [3.8, 4) is 0 Å². The van der Waals surface area contributed by atoms with Crippen molar-refractivity contribution in [2.24, 2.45) is 0 Å². The van der Waals surface area contributed by atoms with Gasteiger partial charge in [0.15, 0.2) is 0 Å². The van der Waals surface area contributed by atoms with Crippen molar-refractivity contribution >= 4 is 23.2 Å². The summed E-state index contributed by atoms with van der Waals surface area (Å²) in [5.41, 5.74) is 0. The van der Waals surface area contributed by atoms with Gasteiger partial charge in [-0.2, -0.15) is 6.42 Å². The minimum absolute atomic E-state index is 0. The summed E-state index contributed by atoms with van der Waals surface area (Å²) in [6.45, 7) is 3.70. The summed E-state index contributed by atoms with van der Waals surface area (Å²) in [6, 6.07) is 0. The second kappa shape index (κ2) is 9.07. The molecule has 0 nitrogen and oxygen atoms in total. The van der Waals surface area contributed by atoms with Gasteiger partial charge in [0.1, 0.15) is 4.84 Å². The standard InChI is InChI=1S/C6H11Cl2.Ni/c1-2-3-4-5-6(7)8;/h6H,1-5H2;/q-1;. The Kier molecular flexibility index (Phi) is 12.8. The van der Waals surface area contributed by atoms with Crippen LogP contribution in [0.1, 0.15) is 25.7 Å². The fraction of sp³-hybridized carbons (Fsp3) is 0.833.